The van der Waals surface area contributed by atoms with Crippen molar-refractivity contribution in [3.63, 3.8) is 0 Å². The van der Waals surface area contributed by atoms with Gasteiger partial charge in [0.05, 0.1) is 18.1 Å². The minimum Gasteiger partial charge on any atom is -0.477 e. The fourth-order valence-electron chi connectivity index (χ4n) is 2.18. The summed E-state index contributed by atoms with van der Waals surface area (Å²) < 4.78 is 5.25. The highest BCUT2D eigenvalue weighted by Gasteiger charge is 2.20. The first kappa shape index (κ1) is 14.4. The Bertz CT molecular complexity index is 511. The summed E-state index contributed by atoms with van der Waals surface area (Å²) >= 11 is 0. The lowest BCUT2D eigenvalue weighted by atomic mass is 10.1. The lowest BCUT2D eigenvalue weighted by Gasteiger charge is -2.26. The third-order valence-corrected chi connectivity index (χ3v) is 3.31. The van der Waals surface area contributed by atoms with Crippen LogP contribution in [0.15, 0.2) is 18.2 Å². The molecule has 0 spiro atoms. The van der Waals surface area contributed by atoms with Crippen LogP contribution in [-0.4, -0.2) is 53.7 Å². The molecule has 0 aliphatic carbocycles. The standard InChI is InChI=1S/C13H16N2O5/c16-13(17)11-2-1-10(9-12(11)15(18)19)3-4-14-5-7-20-8-6-14/h1-2,9H,3-8H2,(H,16,17). The second kappa shape index (κ2) is 6.44. The van der Waals surface area contributed by atoms with E-state index in [1.165, 1.54) is 12.1 Å². The van der Waals surface area contributed by atoms with Gasteiger partial charge in [-0.1, -0.05) is 6.07 Å². The summed E-state index contributed by atoms with van der Waals surface area (Å²) in [6.45, 7) is 3.91. The smallest absolute Gasteiger partial charge is 0.342 e. The quantitative estimate of drug-likeness (QED) is 0.642. The van der Waals surface area contributed by atoms with Gasteiger partial charge in [0.25, 0.3) is 5.69 Å². The second-order valence-corrected chi connectivity index (χ2v) is 4.62. The Kier molecular flexibility index (Phi) is 4.65. The molecule has 0 atom stereocenters. The van der Waals surface area contributed by atoms with Crippen LogP contribution in [0.5, 0.6) is 0 Å². The molecule has 7 heteroatoms. The van der Waals surface area contributed by atoms with Gasteiger partial charge in [-0.15, -0.1) is 0 Å². The molecule has 1 N–H and O–H groups in total. The van der Waals surface area contributed by atoms with Crippen LogP contribution in [0.1, 0.15) is 15.9 Å². The zero-order chi connectivity index (χ0) is 14.5. The molecule has 1 heterocycles. The molecule has 0 amide bonds. The monoisotopic (exact) mass is 280 g/mol. The van der Waals surface area contributed by atoms with E-state index in [0.717, 1.165) is 25.2 Å². The zero-order valence-corrected chi connectivity index (χ0v) is 10.9. The maximum Gasteiger partial charge on any atom is 0.342 e. The van der Waals surface area contributed by atoms with E-state index in [9.17, 15) is 14.9 Å². The summed E-state index contributed by atoms with van der Waals surface area (Å²) in [5.41, 5.74) is 0.148. The Balaban J connectivity index is 2.06. The number of hydrogen-bond acceptors (Lipinski definition) is 5. The number of nitro benzene ring substituents is 1. The van der Waals surface area contributed by atoms with Crippen molar-refractivity contribution in [1.29, 1.82) is 0 Å². The molecule has 1 aromatic rings. The van der Waals surface area contributed by atoms with E-state index < -0.39 is 10.9 Å². The highest BCUT2D eigenvalue weighted by Crippen LogP contribution is 2.21. The number of hydrogen-bond donors (Lipinski definition) is 1. The number of ether oxygens (including phenoxy) is 1. The van der Waals surface area contributed by atoms with E-state index in [-0.39, 0.29) is 11.3 Å². The van der Waals surface area contributed by atoms with E-state index >= 15 is 0 Å². The average Bonchev–Trinajstić information content (AvgIpc) is 2.45. The molecule has 20 heavy (non-hydrogen) atoms. The minimum atomic E-state index is -1.28. The summed E-state index contributed by atoms with van der Waals surface area (Å²) in [4.78, 5) is 23.4. The highest BCUT2D eigenvalue weighted by molar-refractivity contribution is 5.92. The molecule has 1 saturated heterocycles. The molecule has 0 saturated carbocycles. The summed E-state index contributed by atoms with van der Waals surface area (Å²) in [5, 5.41) is 19.8. The predicted octanol–water partition coefficient (Wildman–Crippen LogP) is 1.17. The SMILES string of the molecule is O=C(O)c1ccc(CCN2CCOCC2)cc1[N+](=O)[O-]. The van der Waals surface area contributed by atoms with Crippen molar-refractivity contribution in [3.05, 3.63) is 39.4 Å². The first-order chi connectivity index (χ1) is 9.58. The van der Waals surface area contributed by atoms with Crippen molar-refractivity contribution >= 4 is 11.7 Å². The summed E-state index contributed by atoms with van der Waals surface area (Å²) in [6, 6.07) is 4.29. The Hall–Kier alpha value is -1.99. The van der Waals surface area contributed by atoms with Crippen molar-refractivity contribution in [3.8, 4) is 0 Å². The van der Waals surface area contributed by atoms with E-state index in [0.29, 0.717) is 19.6 Å². The van der Waals surface area contributed by atoms with Crippen molar-refractivity contribution in [2.45, 2.75) is 6.42 Å². The Labute approximate surface area is 115 Å². The highest BCUT2D eigenvalue weighted by atomic mass is 16.6. The predicted molar refractivity (Wildman–Crippen MR) is 71.0 cm³/mol. The summed E-state index contributed by atoms with van der Waals surface area (Å²) in [7, 11) is 0. The molecular formula is C13H16N2O5. The zero-order valence-electron chi connectivity index (χ0n) is 10.9. The topological polar surface area (TPSA) is 92.9 Å². The fraction of sp³-hybridized carbons (Fsp3) is 0.462. The summed E-state index contributed by atoms with van der Waals surface area (Å²) in [5.74, 6) is -1.28. The third kappa shape index (κ3) is 3.52. The van der Waals surface area contributed by atoms with Crippen LogP contribution in [-0.2, 0) is 11.2 Å². The maximum atomic E-state index is 10.9. The van der Waals surface area contributed by atoms with E-state index in [4.69, 9.17) is 9.84 Å². The van der Waals surface area contributed by atoms with Gasteiger partial charge in [0.15, 0.2) is 0 Å². The third-order valence-electron chi connectivity index (χ3n) is 3.31. The van der Waals surface area contributed by atoms with Gasteiger partial charge in [0.2, 0.25) is 0 Å². The molecule has 0 aromatic heterocycles. The van der Waals surface area contributed by atoms with Crippen molar-refractivity contribution in [2.24, 2.45) is 0 Å². The molecule has 0 radical (unpaired) electrons. The van der Waals surface area contributed by atoms with Gasteiger partial charge in [-0.2, -0.15) is 0 Å². The number of carbonyl (C=O) groups is 1. The van der Waals surface area contributed by atoms with Crippen LogP contribution < -0.4 is 0 Å². The molecule has 108 valence electrons. The second-order valence-electron chi connectivity index (χ2n) is 4.62. The van der Waals surface area contributed by atoms with E-state index in [1.807, 2.05) is 0 Å². The first-order valence-corrected chi connectivity index (χ1v) is 6.38. The number of benzene rings is 1. The van der Waals surface area contributed by atoms with Gasteiger partial charge >= 0.3 is 5.97 Å². The van der Waals surface area contributed by atoms with Gasteiger partial charge in [-0.3, -0.25) is 15.0 Å². The molecule has 1 aromatic carbocycles. The van der Waals surface area contributed by atoms with Crippen LogP contribution in [0, 0.1) is 10.1 Å². The number of nitro groups is 1. The van der Waals surface area contributed by atoms with Gasteiger partial charge in [-0.05, 0) is 18.1 Å². The maximum absolute atomic E-state index is 10.9. The molecule has 1 aliphatic heterocycles. The molecule has 7 nitrogen and oxygen atoms in total. The van der Waals surface area contributed by atoms with E-state index in [2.05, 4.69) is 4.90 Å². The molecule has 1 aliphatic rings. The molecule has 1 fully saturated rings. The number of morpholine rings is 1. The molecule has 0 unspecified atom stereocenters. The van der Waals surface area contributed by atoms with Crippen LogP contribution >= 0.6 is 0 Å². The fourth-order valence-corrected chi connectivity index (χ4v) is 2.18. The number of aromatic carboxylic acids is 1. The lowest BCUT2D eigenvalue weighted by Crippen LogP contribution is -2.37. The van der Waals surface area contributed by atoms with Gasteiger partial charge in [0, 0.05) is 25.7 Å². The molecule has 2 rings (SSSR count). The Morgan fingerprint density at radius 1 is 1.40 bits per heavy atom. The Morgan fingerprint density at radius 3 is 2.70 bits per heavy atom. The van der Waals surface area contributed by atoms with Gasteiger partial charge in [-0.25, -0.2) is 4.79 Å². The van der Waals surface area contributed by atoms with Crippen LogP contribution in [0.3, 0.4) is 0 Å². The van der Waals surface area contributed by atoms with Crippen molar-refractivity contribution in [1.82, 2.24) is 4.90 Å². The number of nitrogens with zero attached hydrogens (tertiary/aromatic N) is 2. The first-order valence-electron chi connectivity index (χ1n) is 6.38. The summed E-state index contributed by atoms with van der Waals surface area (Å²) in [6.07, 6.45) is 0.654. The van der Waals surface area contributed by atoms with Crippen LogP contribution in [0.2, 0.25) is 0 Å². The normalized spacial score (nSPS) is 16.0. The molecule has 0 bridgehead atoms. The van der Waals surface area contributed by atoms with Crippen LogP contribution in [0.4, 0.5) is 5.69 Å². The number of carboxylic acid groups (broad SMARTS) is 1. The number of rotatable bonds is 5. The lowest BCUT2D eigenvalue weighted by molar-refractivity contribution is -0.385. The van der Waals surface area contributed by atoms with Crippen molar-refractivity contribution in [2.75, 3.05) is 32.8 Å². The molecular weight excluding hydrogens is 264 g/mol. The Morgan fingerprint density at radius 2 is 2.10 bits per heavy atom. The minimum absolute atomic E-state index is 0.273. The average molecular weight is 280 g/mol. The number of carboxylic acids is 1. The van der Waals surface area contributed by atoms with Gasteiger partial charge < -0.3 is 9.84 Å². The van der Waals surface area contributed by atoms with Crippen molar-refractivity contribution < 1.29 is 19.6 Å². The van der Waals surface area contributed by atoms with Gasteiger partial charge in [0.1, 0.15) is 5.56 Å². The van der Waals surface area contributed by atoms with Crippen LogP contribution in [0.25, 0.3) is 0 Å². The van der Waals surface area contributed by atoms with E-state index in [1.54, 1.807) is 6.07 Å². The largest absolute Gasteiger partial charge is 0.477 e.